The van der Waals surface area contributed by atoms with Crippen molar-refractivity contribution in [1.29, 1.82) is 0 Å². The number of hydrogen-bond donors (Lipinski definition) is 1. The molecule has 0 radical (unpaired) electrons. The third-order valence-electron chi connectivity index (χ3n) is 3.20. The molecule has 4 nitrogen and oxygen atoms in total. The van der Waals surface area contributed by atoms with Gasteiger partial charge in [-0.15, -0.1) is 0 Å². The molecule has 2 rings (SSSR count). The Hall–Kier alpha value is -1.52. The first kappa shape index (κ1) is 14.9. The van der Waals surface area contributed by atoms with E-state index in [1.165, 1.54) is 0 Å². The second-order valence-electron chi connectivity index (χ2n) is 4.71. The van der Waals surface area contributed by atoms with Crippen molar-refractivity contribution in [2.24, 2.45) is 5.73 Å². The minimum atomic E-state index is 0.100. The molecule has 1 aromatic carbocycles. The Morgan fingerprint density at radius 2 is 2.25 bits per heavy atom. The summed E-state index contributed by atoms with van der Waals surface area (Å²) >= 11 is 6.26. The fourth-order valence-corrected chi connectivity index (χ4v) is 2.20. The molecule has 0 amide bonds. The fourth-order valence-electron chi connectivity index (χ4n) is 1.96. The molecule has 2 aromatic rings. The van der Waals surface area contributed by atoms with Gasteiger partial charge in [-0.1, -0.05) is 24.6 Å². The highest BCUT2D eigenvalue weighted by Gasteiger charge is 2.11. The summed E-state index contributed by atoms with van der Waals surface area (Å²) in [4.78, 5) is 0. The van der Waals surface area contributed by atoms with Gasteiger partial charge in [0, 0.05) is 29.0 Å². The second kappa shape index (κ2) is 7.31. The molecule has 108 valence electrons. The molecule has 0 spiro atoms. The molecule has 0 fully saturated rings. The van der Waals surface area contributed by atoms with Crippen molar-refractivity contribution in [2.75, 3.05) is 6.61 Å². The predicted octanol–water partition coefficient (Wildman–Crippen LogP) is 2.90. The summed E-state index contributed by atoms with van der Waals surface area (Å²) in [6.07, 6.45) is 5.31. The predicted molar refractivity (Wildman–Crippen MR) is 81.1 cm³/mol. The van der Waals surface area contributed by atoms with Crippen LogP contribution >= 0.6 is 11.6 Å². The first-order chi connectivity index (χ1) is 9.70. The largest absolute Gasteiger partial charge is 0.491 e. The molecule has 1 unspecified atom stereocenters. The van der Waals surface area contributed by atoms with E-state index >= 15 is 0 Å². The van der Waals surface area contributed by atoms with Crippen molar-refractivity contribution >= 4 is 11.6 Å². The molecule has 0 bridgehead atoms. The summed E-state index contributed by atoms with van der Waals surface area (Å²) in [6, 6.07) is 7.70. The van der Waals surface area contributed by atoms with Gasteiger partial charge in [0.15, 0.2) is 0 Å². The van der Waals surface area contributed by atoms with Crippen LogP contribution < -0.4 is 10.5 Å². The maximum atomic E-state index is 6.26. The molecule has 0 saturated carbocycles. The van der Waals surface area contributed by atoms with E-state index in [-0.39, 0.29) is 6.04 Å². The Labute approximate surface area is 124 Å². The van der Waals surface area contributed by atoms with E-state index in [1.807, 2.05) is 35.1 Å². The maximum Gasteiger partial charge on any atom is 0.124 e. The van der Waals surface area contributed by atoms with E-state index in [0.29, 0.717) is 18.2 Å². The van der Waals surface area contributed by atoms with Gasteiger partial charge < -0.3 is 10.5 Å². The van der Waals surface area contributed by atoms with Crippen LogP contribution in [0.15, 0.2) is 36.7 Å². The second-order valence-corrected chi connectivity index (χ2v) is 5.11. The third-order valence-corrected chi connectivity index (χ3v) is 3.56. The highest BCUT2D eigenvalue weighted by atomic mass is 35.5. The summed E-state index contributed by atoms with van der Waals surface area (Å²) < 4.78 is 7.67. The van der Waals surface area contributed by atoms with Crippen LogP contribution in [0.5, 0.6) is 5.75 Å². The molecule has 0 aliphatic rings. The number of ether oxygens (including phenoxy) is 1. The number of hydrogen-bond acceptors (Lipinski definition) is 3. The Balaban J connectivity index is 2.00. The quantitative estimate of drug-likeness (QED) is 0.854. The number of aromatic nitrogens is 2. The molecule has 1 atom stereocenters. The van der Waals surface area contributed by atoms with Crippen molar-refractivity contribution in [1.82, 2.24) is 9.78 Å². The normalized spacial score (nSPS) is 12.3. The fraction of sp³-hybridized carbons (Fsp3) is 0.400. The minimum absolute atomic E-state index is 0.100. The molecule has 1 aromatic heterocycles. The van der Waals surface area contributed by atoms with E-state index < -0.39 is 0 Å². The van der Waals surface area contributed by atoms with Crippen LogP contribution in [0.25, 0.3) is 0 Å². The van der Waals surface area contributed by atoms with Gasteiger partial charge in [-0.2, -0.15) is 5.10 Å². The molecular weight excluding hydrogens is 274 g/mol. The molecule has 20 heavy (non-hydrogen) atoms. The van der Waals surface area contributed by atoms with Crippen molar-refractivity contribution in [2.45, 2.75) is 32.4 Å². The zero-order valence-electron chi connectivity index (χ0n) is 11.6. The third kappa shape index (κ3) is 3.99. The summed E-state index contributed by atoms with van der Waals surface area (Å²) in [5, 5.41) is 4.85. The minimum Gasteiger partial charge on any atom is -0.491 e. The van der Waals surface area contributed by atoms with E-state index in [0.717, 1.165) is 24.2 Å². The van der Waals surface area contributed by atoms with Crippen molar-refractivity contribution in [3.8, 4) is 5.75 Å². The van der Waals surface area contributed by atoms with E-state index in [1.54, 1.807) is 6.20 Å². The highest BCUT2D eigenvalue weighted by Crippen LogP contribution is 2.28. The van der Waals surface area contributed by atoms with Gasteiger partial charge >= 0.3 is 0 Å². The van der Waals surface area contributed by atoms with Crippen LogP contribution in [0.2, 0.25) is 5.02 Å². The Kier molecular flexibility index (Phi) is 5.44. The molecule has 1 heterocycles. The van der Waals surface area contributed by atoms with Gasteiger partial charge in [-0.3, -0.25) is 4.68 Å². The topological polar surface area (TPSA) is 53.1 Å². The van der Waals surface area contributed by atoms with E-state index in [4.69, 9.17) is 22.1 Å². The summed E-state index contributed by atoms with van der Waals surface area (Å²) in [5.74, 6) is 0.813. The van der Waals surface area contributed by atoms with Crippen LogP contribution in [0.1, 0.15) is 18.9 Å². The summed E-state index contributed by atoms with van der Waals surface area (Å²) in [5.41, 5.74) is 7.01. The Bertz CT molecular complexity index is 528. The lowest BCUT2D eigenvalue weighted by Gasteiger charge is -2.15. The number of nitrogens with zero attached hydrogens (tertiary/aromatic N) is 2. The maximum absolute atomic E-state index is 6.26. The average Bonchev–Trinajstić information content (AvgIpc) is 2.95. The lowest BCUT2D eigenvalue weighted by Crippen LogP contribution is -2.22. The number of rotatable bonds is 7. The number of nitrogens with two attached hydrogens (primary N) is 1. The van der Waals surface area contributed by atoms with Crippen LogP contribution in [0.3, 0.4) is 0 Å². The zero-order valence-corrected chi connectivity index (χ0v) is 12.4. The molecule has 2 N–H and O–H groups in total. The number of benzene rings is 1. The molecule has 0 aliphatic carbocycles. The average molecular weight is 294 g/mol. The number of halogens is 1. The van der Waals surface area contributed by atoms with Gasteiger partial charge in [0.05, 0.1) is 6.54 Å². The SMILES string of the molecule is CCC(N)Cc1c(Cl)cccc1OCCn1cccn1. The Morgan fingerprint density at radius 1 is 1.40 bits per heavy atom. The lowest BCUT2D eigenvalue weighted by molar-refractivity contribution is 0.288. The smallest absolute Gasteiger partial charge is 0.124 e. The van der Waals surface area contributed by atoms with Crippen LogP contribution in [-0.2, 0) is 13.0 Å². The van der Waals surface area contributed by atoms with Gasteiger partial charge in [0.25, 0.3) is 0 Å². The van der Waals surface area contributed by atoms with E-state index in [2.05, 4.69) is 12.0 Å². The van der Waals surface area contributed by atoms with Crippen LogP contribution in [-0.4, -0.2) is 22.4 Å². The van der Waals surface area contributed by atoms with Gasteiger partial charge in [-0.05, 0) is 31.0 Å². The molecule has 0 saturated heterocycles. The lowest BCUT2D eigenvalue weighted by atomic mass is 10.0. The van der Waals surface area contributed by atoms with Gasteiger partial charge in [0.1, 0.15) is 12.4 Å². The molecule has 5 heteroatoms. The van der Waals surface area contributed by atoms with Crippen LogP contribution in [0.4, 0.5) is 0 Å². The monoisotopic (exact) mass is 293 g/mol. The van der Waals surface area contributed by atoms with Crippen molar-refractivity contribution in [3.05, 3.63) is 47.2 Å². The first-order valence-corrected chi connectivity index (χ1v) is 7.21. The van der Waals surface area contributed by atoms with Crippen molar-refractivity contribution in [3.63, 3.8) is 0 Å². The first-order valence-electron chi connectivity index (χ1n) is 6.84. The van der Waals surface area contributed by atoms with Gasteiger partial charge in [-0.25, -0.2) is 0 Å². The van der Waals surface area contributed by atoms with Gasteiger partial charge in [0.2, 0.25) is 0 Å². The van der Waals surface area contributed by atoms with Crippen molar-refractivity contribution < 1.29 is 4.74 Å². The molecular formula is C15H20ClN3O. The standard InChI is InChI=1S/C15H20ClN3O/c1-2-12(17)11-13-14(16)5-3-6-15(13)20-10-9-19-8-4-7-18-19/h3-8,12H,2,9-11,17H2,1H3. The molecule has 0 aliphatic heterocycles. The van der Waals surface area contributed by atoms with Crippen LogP contribution in [0, 0.1) is 0 Å². The van der Waals surface area contributed by atoms with E-state index in [9.17, 15) is 0 Å². The zero-order chi connectivity index (χ0) is 14.4. The Morgan fingerprint density at radius 3 is 2.95 bits per heavy atom. The summed E-state index contributed by atoms with van der Waals surface area (Å²) in [6.45, 7) is 3.33. The summed E-state index contributed by atoms with van der Waals surface area (Å²) in [7, 11) is 0. The highest BCUT2D eigenvalue weighted by molar-refractivity contribution is 6.31.